The van der Waals surface area contributed by atoms with E-state index in [4.69, 9.17) is 11.5 Å². The van der Waals surface area contributed by atoms with Crippen molar-refractivity contribution in [2.24, 2.45) is 5.73 Å². The van der Waals surface area contributed by atoms with Gasteiger partial charge in [0.2, 0.25) is 0 Å². The molecular formula is C13H15N5O2S. The third-order valence-corrected chi connectivity index (χ3v) is 3.52. The monoisotopic (exact) mass is 305 g/mol. The molecule has 0 atom stereocenters. The van der Waals surface area contributed by atoms with Crippen molar-refractivity contribution in [2.75, 3.05) is 5.73 Å². The minimum Gasteiger partial charge on any atom is -0.397 e. The van der Waals surface area contributed by atoms with Crippen LogP contribution in [0.5, 0.6) is 0 Å². The van der Waals surface area contributed by atoms with E-state index in [0.29, 0.717) is 28.0 Å². The lowest BCUT2D eigenvalue weighted by atomic mass is 10.2. The molecule has 5 N–H and O–H groups in total. The highest BCUT2D eigenvalue weighted by atomic mass is 32.2. The lowest BCUT2D eigenvalue weighted by Gasteiger charge is -2.06. The van der Waals surface area contributed by atoms with Crippen molar-refractivity contribution in [1.29, 1.82) is 0 Å². The van der Waals surface area contributed by atoms with Crippen LogP contribution in [0.4, 0.5) is 5.69 Å². The van der Waals surface area contributed by atoms with Crippen molar-refractivity contribution in [2.45, 2.75) is 29.9 Å². The number of carbonyl (C=O) groups is 1. The normalized spacial score (nSPS) is 10.5. The van der Waals surface area contributed by atoms with Crippen molar-refractivity contribution >= 4 is 23.4 Å². The Bertz CT molecular complexity index is 729. The van der Waals surface area contributed by atoms with Gasteiger partial charge in [0, 0.05) is 11.8 Å². The van der Waals surface area contributed by atoms with Gasteiger partial charge in [0.25, 0.3) is 11.5 Å². The number of hydrogen-bond acceptors (Lipinski definition) is 6. The number of nitrogen functional groups attached to an aromatic ring is 1. The summed E-state index contributed by atoms with van der Waals surface area (Å²) in [4.78, 5) is 33.8. The number of primary amides is 1. The molecule has 8 heteroatoms. The second-order valence-electron chi connectivity index (χ2n) is 4.35. The number of nitrogens with one attached hydrogen (secondary N) is 1. The predicted molar refractivity (Wildman–Crippen MR) is 80.1 cm³/mol. The van der Waals surface area contributed by atoms with Gasteiger partial charge in [0.15, 0.2) is 5.16 Å². The van der Waals surface area contributed by atoms with Crippen LogP contribution in [0.3, 0.4) is 0 Å². The van der Waals surface area contributed by atoms with Crippen LogP contribution in [-0.4, -0.2) is 20.9 Å². The highest BCUT2D eigenvalue weighted by Gasteiger charge is 2.11. The highest BCUT2D eigenvalue weighted by Crippen LogP contribution is 2.27. The number of amides is 1. The number of nitrogens with two attached hydrogens (primary N) is 2. The van der Waals surface area contributed by atoms with E-state index in [2.05, 4.69) is 15.0 Å². The molecule has 0 spiro atoms. The zero-order valence-corrected chi connectivity index (χ0v) is 12.2. The molecule has 2 aromatic rings. The van der Waals surface area contributed by atoms with Gasteiger partial charge in [-0.3, -0.25) is 9.59 Å². The standard InChI is InChI=1S/C13H15N5O2S/c1-2-3-7-6-10(19)18-13(16-7)21-12-8(14)4-5-9(17-12)11(15)20/h4-6H,2-3,14H2,1H3,(H2,15,20)(H,16,18,19). The molecule has 0 saturated carbocycles. The molecule has 1 amide bonds. The van der Waals surface area contributed by atoms with E-state index in [-0.39, 0.29) is 11.3 Å². The van der Waals surface area contributed by atoms with Crippen molar-refractivity contribution in [3.05, 3.63) is 39.9 Å². The van der Waals surface area contributed by atoms with Crippen LogP contribution in [0.1, 0.15) is 29.5 Å². The molecule has 0 unspecified atom stereocenters. The first-order chi connectivity index (χ1) is 9.99. The van der Waals surface area contributed by atoms with Gasteiger partial charge in [-0.15, -0.1) is 0 Å². The van der Waals surface area contributed by atoms with Crippen molar-refractivity contribution < 1.29 is 4.79 Å². The van der Waals surface area contributed by atoms with Gasteiger partial charge in [-0.1, -0.05) is 13.3 Å². The Labute approximate surface area is 125 Å². The smallest absolute Gasteiger partial charge is 0.267 e. The highest BCUT2D eigenvalue weighted by molar-refractivity contribution is 7.99. The molecule has 0 aliphatic carbocycles. The molecule has 0 saturated heterocycles. The Morgan fingerprint density at radius 1 is 1.38 bits per heavy atom. The molecule has 21 heavy (non-hydrogen) atoms. The Morgan fingerprint density at radius 2 is 2.14 bits per heavy atom. The number of aromatic nitrogens is 3. The van der Waals surface area contributed by atoms with E-state index in [0.717, 1.165) is 18.2 Å². The topological polar surface area (TPSA) is 128 Å². The van der Waals surface area contributed by atoms with Crippen LogP contribution in [0.15, 0.2) is 33.2 Å². The molecule has 110 valence electrons. The fourth-order valence-corrected chi connectivity index (χ4v) is 2.51. The summed E-state index contributed by atoms with van der Waals surface area (Å²) in [5, 5.41) is 0.759. The molecule has 2 aromatic heterocycles. The summed E-state index contributed by atoms with van der Waals surface area (Å²) < 4.78 is 0. The van der Waals surface area contributed by atoms with E-state index >= 15 is 0 Å². The summed E-state index contributed by atoms with van der Waals surface area (Å²) in [5.41, 5.74) is 12.0. The first-order valence-electron chi connectivity index (χ1n) is 6.34. The second-order valence-corrected chi connectivity index (χ2v) is 5.33. The largest absolute Gasteiger partial charge is 0.397 e. The summed E-state index contributed by atoms with van der Waals surface area (Å²) in [6.45, 7) is 2.01. The molecule has 2 heterocycles. The quantitative estimate of drug-likeness (QED) is 0.706. The van der Waals surface area contributed by atoms with E-state index in [9.17, 15) is 9.59 Å². The maximum absolute atomic E-state index is 11.6. The molecule has 7 nitrogen and oxygen atoms in total. The number of rotatable bonds is 5. The number of hydrogen-bond donors (Lipinski definition) is 3. The number of aromatic amines is 1. The van der Waals surface area contributed by atoms with Gasteiger partial charge < -0.3 is 16.5 Å². The number of carbonyl (C=O) groups excluding carboxylic acids is 1. The molecule has 0 aliphatic rings. The van der Waals surface area contributed by atoms with E-state index in [1.165, 1.54) is 12.1 Å². The summed E-state index contributed by atoms with van der Waals surface area (Å²) in [6.07, 6.45) is 1.60. The van der Waals surface area contributed by atoms with Crippen molar-refractivity contribution in [1.82, 2.24) is 15.0 Å². The third-order valence-electron chi connectivity index (χ3n) is 2.61. The average Bonchev–Trinajstić information content (AvgIpc) is 2.40. The number of nitrogens with zero attached hydrogens (tertiary/aromatic N) is 2. The van der Waals surface area contributed by atoms with Gasteiger partial charge in [-0.25, -0.2) is 9.97 Å². The average molecular weight is 305 g/mol. The van der Waals surface area contributed by atoms with Crippen molar-refractivity contribution in [3.8, 4) is 0 Å². The molecule has 0 bridgehead atoms. The molecular weight excluding hydrogens is 290 g/mol. The number of pyridine rings is 1. The fraction of sp³-hybridized carbons (Fsp3) is 0.231. The van der Waals surface area contributed by atoms with Crippen LogP contribution in [0.25, 0.3) is 0 Å². The number of anilines is 1. The van der Waals surface area contributed by atoms with Gasteiger partial charge in [-0.2, -0.15) is 0 Å². The summed E-state index contributed by atoms with van der Waals surface area (Å²) in [7, 11) is 0. The predicted octanol–water partition coefficient (Wildman–Crippen LogP) is 0.950. The van der Waals surface area contributed by atoms with E-state index in [1.54, 1.807) is 6.07 Å². The van der Waals surface area contributed by atoms with Crippen LogP contribution in [0.2, 0.25) is 0 Å². The van der Waals surface area contributed by atoms with Crippen LogP contribution < -0.4 is 17.0 Å². The van der Waals surface area contributed by atoms with Crippen LogP contribution in [0, 0.1) is 0 Å². The lowest BCUT2D eigenvalue weighted by Crippen LogP contribution is -2.14. The first kappa shape index (κ1) is 15.0. The number of H-pyrrole nitrogens is 1. The minimum absolute atomic E-state index is 0.110. The Morgan fingerprint density at radius 3 is 2.81 bits per heavy atom. The fourth-order valence-electron chi connectivity index (χ4n) is 1.68. The lowest BCUT2D eigenvalue weighted by molar-refractivity contribution is 0.0995. The van der Waals surface area contributed by atoms with Crippen LogP contribution in [-0.2, 0) is 6.42 Å². The molecule has 0 fully saturated rings. The van der Waals surface area contributed by atoms with E-state index < -0.39 is 5.91 Å². The SMILES string of the molecule is CCCc1cc(=O)[nH]c(Sc2nc(C(N)=O)ccc2N)n1. The minimum atomic E-state index is -0.641. The zero-order chi connectivity index (χ0) is 15.4. The van der Waals surface area contributed by atoms with Gasteiger partial charge >= 0.3 is 0 Å². The van der Waals surface area contributed by atoms with Crippen LogP contribution >= 0.6 is 11.8 Å². The molecule has 0 aromatic carbocycles. The summed E-state index contributed by atoms with van der Waals surface area (Å²) >= 11 is 1.09. The number of aryl methyl sites for hydroxylation is 1. The Kier molecular flexibility index (Phi) is 4.59. The second kappa shape index (κ2) is 6.40. The van der Waals surface area contributed by atoms with E-state index in [1.807, 2.05) is 6.92 Å². The summed E-state index contributed by atoms with van der Waals surface area (Å²) in [6, 6.07) is 4.46. The molecule has 0 aliphatic heterocycles. The molecule has 0 radical (unpaired) electrons. The zero-order valence-electron chi connectivity index (χ0n) is 11.4. The van der Waals surface area contributed by atoms with Gasteiger partial charge in [0.05, 0.1) is 5.69 Å². The summed E-state index contributed by atoms with van der Waals surface area (Å²) in [5.74, 6) is -0.641. The molecule has 2 rings (SSSR count). The maximum Gasteiger partial charge on any atom is 0.267 e. The Balaban J connectivity index is 2.35. The first-order valence-corrected chi connectivity index (χ1v) is 7.15. The maximum atomic E-state index is 11.6. The van der Waals surface area contributed by atoms with Gasteiger partial charge in [0.1, 0.15) is 10.7 Å². The Hall–Kier alpha value is -2.35. The third kappa shape index (κ3) is 3.82. The van der Waals surface area contributed by atoms with Crippen molar-refractivity contribution in [3.63, 3.8) is 0 Å². The van der Waals surface area contributed by atoms with Gasteiger partial charge in [-0.05, 0) is 30.3 Å².